The zero-order valence-corrected chi connectivity index (χ0v) is 20.3. The van der Waals surface area contributed by atoms with Crippen LogP contribution in [0.25, 0.3) is 0 Å². The number of anilines is 2. The number of aryl methyl sites for hydroxylation is 2. The molecule has 1 aliphatic rings. The van der Waals surface area contributed by atoms with Gasteiger partial charge in [-0.05, 0) is 68.7 Å². The maximum atomic E-state index is 12.7. The quantitative estimate of drug-likeness (QED) is 0.472. The van der Waals surface area contributed by atoms with Crippen LogP contribution >= 0.6 is 0 Å². The fourth-order valence-corrected chi connectivity index (χ4v) is 4.29. The number of benzene rings is 2. The Hall–Kier alpha value is -3.52. The number of methoxy groups -OCH3 is 2. The third-order valence-corrected chi connectivity index (χ3v) is 6.20. The Morgan fingerprint density at radius 2 is 1.76 bits per heavy atom. The van der Waals surface area contributed by atoms with Gasteiger partial charge in [0.1, 0.15) is 17.3 Å². The molecule has 1 fully saturated rings. The van der Waals surface area contributed by atoms with Crippen LogP contribution in [0.3, 0.4) is 0 Å². The number of aromatic nitrogens is 2. The molecule has 1 aromatic heterocycles. The van der Waals surface area contributed by atoms with Gasteiger partial charge in [0, 0.05) is 48.6 Å². The third-order valence-electron chi connectivity index (χ3n) is 6.20. The molecule has 2 heterocycles. The summed E-state index contributed by atoms with van der Waals surface area (Å²) < 4.78 is 10.7. The van der Waals surface area contributed by atoms with Crippen LogP contribution in [-0.2, 0) is 12.8 Å². The van der Waals surface area contributed by atoms with Crippen molar-refractivity contribution < 1.29 is 14.3 Å². The zero-order valence-electron chi connectivity index (χ0n) is 20.3. The van der Waals surface area contributed by atoms with Gasteiger partial charge in [-0.15, -0.1) is 0 Å². The molecular weight excluding hydrogens is 430 g/mol. The van der Waals surface area contributed by atoms with Crippen LogP contribution < -0.4 is 25.0 Å². The summed E-state index contributed by atoms with van der Waals surface area (Å²) in [5.74, 6) is 1.93. The molecule has 0 radical (unpaired) electrons. The first-order chi connectivity index (χ1) is 16.4. The maximum absolute atomic E-state index is 12.7. The number of carbonyl (C=O) groups excluding carboxylic acids is 1. The molecule has 3 aromatic rings. The number of carbonyl (C=O) groups is 1. The second-order valence-corrected chi connectivity index (χ2v) is 9.14. The third kappa shape index (κ3) is 5.51. The van der Waals surface area contributed by atoms with E-state index in [-0.39, 0.29) is 11.4 Å². The summed E-state index contributed by atoms with van der Waals surface area (Å²) in [4.78, 5) is 15.1. The molecule has 8 nitrogen and oxygen atoms in total. The number of rotatable bonds is 8. The fourth-order valence-electron chi connectivity index (χ4n) is 4.29. The number of hydrogen-bond donors (Lipinski definition) is 3. The molecule has 3 N–H and O–H groups in total. The summed E-state index contributed by atoms with van der Waals surface area (Å²) in [5, 5.41) is 13.6. The van der Waals surface area contributed by atoms with E-state index in [1.807, 2.05) is 48.5 Å². The molecule has 0 unspecified atom stereocenters. The van der Waals surface area contributed by atoms with E-state index in [9.17, 15) is 4.79 Å². The number of piperazine rings is 1. The molecule has 0 saturated carbocycles. The monoisotopic (exact) mass is 463 g/mol. The lowest BCUT2D eigenvalue weighted by atomic mass is 9.99. The molecule has 2 aromatic carbocycles. The highest BCUT2D eigenvalue weighted by Gasteiger charge is 2.29. The van der Waals surface area contributed by atoms with E-state index in [2.05, 4.69) is 39.6 Å². The van der Waals surface area contributed by atoms with Gasteiger partial charge in [-0.2, -0.15) is 5.10 Å². The van der Waals surface area contributed by atoms with Crippen LogP contribution in [0.2, 0.25) is 0 Å². The molecule has 0 aliphatic carbocycles. The first-order valence-electron chi connectivity index (χ1n) is 11.5. The summed E-state index contributed by atoms with van der Waals surface area (Å²) in [5.41, 5.74) is 3.73. The average molecular weight is 464 g/mol. The Morgan fingerprint density at radius 3 is 2.41 bits per heavy atom. The van der Waals surface area contributed by atoms with E-state index in [0.29, 0.717) is 11.4 Å². The number of H-pyrrole nitrogens is 1. The predicted molar refractivity (Wildman–Crippen MR) is 134 cm³/mol. The van der Waals surface area contributed by atoms with Crippen molar-refractivity contribution in [3.8, 4) is 11.5 Å². The van der Waals surface area contributed by atoms with Gasteiger partial charge >= 0.3 is 0 Å². The summed E-state index contributed by atoms with van der Waals surface area (Å²) in [7, 11) is 3.28. The van der Waals surface area contributed by atoms with Crippen LogP contribution in [-0.4, -0.2) is 55.5 Å². The highest BCUT2D eigenvalue weighted by atomic mass is 16.5. The first-order valence-corrected chi connectivity index (χ1v) is 11.5. The summed E-state index contributed by atoms with van der Waals surface area (Å²) in [6.07, 6.45) is 1.49. The van der Waals surface area contributed by atoms with E-state index in [4.69, 9.17) is 9.47 Å². The molecule has 1 aliphatic heterocycles. The Balaban J connectivity index is 1.35. The second kappa shape index (κ2) is 10.2. The minimum Gasteiger partial charge on any atom is -0.497 e. The number of aromatic amines is 1. The molecule has 34 heavy (non-hydrogen) atoms. The van der Waals surface area contributed by atoms with E-state index in [1.54, 1.807) is 14.2 Å². The lowest BCUT2D eigenvalue weighted by molar-refractivity contribution is 0.102. The van der Waals surface area contributed by atoms with Gasteiger partial charge in [0.05, 0.1) is 19.9 Å². The second-order valence-electron chi connectivity index (χ2n) is 9.14. The summed E-state index contributed by atoms with van der Waals surface area (Å²) in [6, 6.07) is 15.5. The minimum absolute atomic E-state index is 0.0321. The molecule has 1 saturated heterocycles. The Morgan fingerprint density at radius 1 is 1.06 bits per heavy atom. The Kier molecular flexibility index (Phi) is 7.07. The van der Waals surface area contributed by atoms with Gasteiger partial charge < -0.3 is 25.0 Å². The summed E-state index contributed by atoms with van der Waals surface area (Å²) in [6.45, 7) is 7.28. The smallest absolute Gasteiger partial charge is 0.256 e. The number of nitrogens with one attached hydrogen (secondary N) is 3. The molecule has 180 valence electrons. The van der Waals surface area contributed by atoms with Crippen molar-refractivity contribution in [2.24, 2.45) is 0 Å². The SMILES string of the molecule is COc1cc(CCc2cc(NC(=O)c3ccc(N4CCNCC4(C)C)cc3)[nH]n2)cc(OC)c1. The van der Waals surface area contributed by atoms with E-state index >= 15 is 0 Å². The normalized spacial score (nSPS) is 15.1. The summed E-state index contributed by atoms with van der Waals surface area (Å²) >= 11 is 0. The lowest BCUT2D eigenvalue weighted by Gasteiger charge is -2.44. The van der Waals surface area contributed by atoms with Crippen molar-refractivity contribution in [1.29, 1.82) is 0 Å². The zero-order chi connectivity index (χ0) is 24.1. The molecule has 0 atom stereocenters. The number of hydrogen-bond acceptors (Lipinski definition) is 6. The van der Waals surface area contributed by atoms with Gasteiger partial charge in [-0.3, -0.25) is 9.89 Å². The van der Waals surface area contributed by atoms with E-state index in [0.717, 1.165) is 60.9 Å². The predicted octanol–water partition coefficient (Wildman–Crippen LogP) is 3.65. The van der Waals surface area contributed by atoms with Crippen LogP contribution in [0, 0.1) is 0 Å². The topological polar surface area (TPSA) is 91.5 Å². The van der Waals surface area contributed by atoms with Gasteiger partial charge in [-0.25, -0.2) is 0 Å². The van der Waals surface area contributed by atoms with E-state index < -0.39 is 0 Å². The van der Waals surface area contributed by atoms with Gasteiger partial charge in [-0.1, -0.05) is 0 Å². The fraction of sp³-hybridized carbons (Fsp3) is 0.385. The van der Waals surface area contributed by atoms with Crippen molar-refractivity contribution in [1.82, 2.24) is 15.5 Å². The lowest BCUT2D eigenvalue weighted by Crippen LogP contribution is -2.58. The van der Waals surface area contributed by atoms with Crippen LogP contribution in [0.15, 0.2) is 48.5 Å². The van der Waals surface area contributed by atoms with Crippen molar-refractivity contribution in [3.05, 3.63) is 65.4 Å². The Bertz CT molecular complexity index is 1100. The standard InChI is InChI=1S/C26H33N5O3/c1-26(2)17-27-11-12-31(26)21-9-6-19(7-10-21)25(32)28-24-15-20(29-30-24)8-5-18-13-22(33-3)16-23(14-18)34-4/h6-7,9-10,13-16,27H,5,8,11-12,17H2,1-4H3,(H2,28,29,30,32). The van der Waals surface area contributed by atoms with Crippen molar-refractivity contribution >= 4 is 17.4 Å². The van der Waals surface area contributed by atoms with Crippen molar-refractivity contribution in [3.63, 3.8) is 0 Å². The highest BCUT2D eigenvalue weighted by molar-refractivity contribution is 6.03. The molecule has 1 amide bonds. The maximum Gasteiger partial charge on any atom is 0.256 e. The minimum atomic E-state index is -0.168. The van der Waals surface area contributed by atoms with Gasteiger partial charge in [0.15, 0.2) is 0 Å². The van der Waals surface area contributed by atoms with Crippen molar-refractivity contribution in [2.75, 3.05) is 44.1 Å². The molecule has 0 bridgehead atoms. The first kappa shape index (κ1) is 23.6. The van der Waals surface area contributed by atoms with E-state index in [1.165, 1.54) is 0 Å². The van der Waals surface area contributed by atoms with Gasteiger partial charge in [0.2, 0.25) is 0 Å². The largest absolute Gasteiger partial charge is 0.497 e. The van der Waals surface area contributed by atoms with Crippen LogP contribution in [0.1, 0.15) is 35.5 Å². The van der Waals surface area contributed by atoms with Crippen LogP contribution in [0.5, 0.6) is 11.5 Å². The highest BCUT2D eigenvalue weighted by Crippen LogP contribution is 2.26. The molecule has 0 spiro atoms. The molecular formula is C26H33N5O3. The van der Waals surface area contributed by atoms with Gasteiger partial charge in [0.25, 0.3) is 5.91 Å². The number of ether oxygens (including phenoxy) is 2. The van der Waals surface area contributed by atoms with Crippen LogP contribution in [0.4, 0.5) is 11.5 Å². The molecule has 4 rings (SSSR count). The number of amides is 1. The van der Waals surface area contributed by atoms with Crippen molar-refractivity contribution in [2.45, 2.75) is 32.2 Å². The average Bonchev–Trinajstić information content (AvgIpc) is 3.29. The Labute approximate surface area is 200 Å². The number of nitrogens with zero attached hydrogens (tertiary/aromatic N) is 2. The molecule has 8 heteroatoms.